The first-order valence-corrected chi connectivity index (χ1v) is 15.8. The summed E-state index contributed by atoms with van der Waals surface area (Å²) in [7, 11) is 0. The Kier molecular flexibility index (Phi) is 11.3. The van der Waals surface area contributed by atoms with Crippen LogP contribution in [0.3, 0.4) is 0 Å². The Morgan fingerprint density at radius 1 is 0.868 bits per heavy atom. The van der Waals surface area contributed by atoms with Gasteiger partial charge in [0, 0.05) is 0 Å². The summed E-state index contributed by atoms with van der Waals surface area (Å²) in [6.07, 6.45) is 24.1. The Labute approximate surface area is 230 Å². The van der Waals surface area contributed by atoms with Crippen molar-refractivity contribution in [3.63, 3.8) is 0 Å². The van der Waals surface area contributed by atoms with Crippen LogP contribution in [0.15, 0.2) is 24.3 Å². The van der Waals surface area contributed by atoms with E-state index >= 15 is 0 Å². The van der Waals surface area contributed by atoms with E-state index in [0.29, 0.717) is 24.3 Å². The molecule has 4 atom stereocenters. The van der Waals surface area contributed by atoms with Gasteiger partial charge in [0.15, 0.2) is 11.6 Å². The molecule has 3 aliphatic rings. The van der Waals surface area contributed by atoms with Crippen LogP contribution < -0.4 is 4.74 Å². The number of allylic oxidation sites excluding steroid dienone is 2. The van der Waals surface area contributed by atoms with Crippen LogP contribution >= 0.6 is 0 Å². The van der Waals surface area contributed by atoms with Crippen molar-refractivity contribution < 1.29 is 18.3 Å². The maximum Gasteiger partial charge on any atom is 0.314 e. The van der Waals surface area contributed by atoms with Crippen molar-refractivity contribution in [3.8, 4) is 5.75 Å². The highest BCUT2D eigenvalue weighted by molar-refractivity contribution is 5.75. The van der Waals surface area contributed by atoms with Gasteiger partial charge in [0.05, 0.1) is 5.92 Å². The van der Waals surface area contributed by atoms with E-state index in [-0.39, 0.29) is 11.7 Å². The van der Waals surface area contributed by atoms with Crippen LogP contribution in [0.2, 0.25) is 0 Å². The third-order valence-corrected chi connectivity index (χ3v) is 10.2. The van der Waals surface area contributed by atoms with Crippen molar-refractivity contribution in [2.45, 2.75) is 123 Å². The number of aryl methyl sites for hydroxylation is 1. The average Bonchev–Trinajstić information content (AvgIpc) is 2.94. The molecular weight excluding hydrogens is 478 g/mol. The molecule has 0 heterocycles. The average molecular weight is 529 g/mol. The molecule has 212 valence electrons. The van der Waals surface area contributed by atoms with Crippen LogP contribution in [0.1, 0.15) is 122 Å². The third-order valence-electron chi connectivity index (χ3n) is 10.2. The van der Waals surface area contributed by atoms with Crippen molar-refractivity contribution in [2.75, 3.05) is 0 Å². The lowest BCUT2D eigenvalue weighted by molar-refractivity contribution is -0.140. The minimum absolute atomic E-state index is 0.206. The molecule has 1 aromatic rings. The van der Waals surface area contributed by atoms with E-state index in [1.54, 1.807) is 0 Å². The first kappa shape index (κ1) is 29.3. The summed E-state index contributed by atoms with van der Waals surface area (Å²) in [4.78, 5) is 12.8. The molecule has 0 amide bonds. The van der Waals surface area contributed by atoms with Crippen molar-refractivity contribution in [1.29, 1.82) is 0 Å². The maximum atomic E-state index is 14.6. The molecule has 0 spiro atoms. The lowest BCUT2D eigenvalue weighted by Crippen LogP contribution is -2.35. The fourth-order valence-electron chi connectivity index (χ4n) is 7.84. The van der Waals surface area contributed by atoms with E-state index in [1.807, 2.05) is 19.1 Å². The van der Waals surface area contributed by atoms with Crippen molar-refractivity contribution in [3.05, 3.63) is 41.5 Å². The molecule has 0 saturated heterocycles. The minimum atomic E-state index is -1.04. The van der Waals surface area contributed by atoms with Crippen molar-refractivity contribution in [2.24, 2.45) is 35.5 Å². The molecular formula is C34H50F2O2. The first-order chi connectivity index (χ1) is 18.5. The van der Waals surface area contributed by atoms with E-state index < -0.39 is 17.6 Å². The highest BCUT2D eigenvalue weighted by atomic mass is 19.2. The Hall–Kier alpha value is -1.71. The zero-order valence-electron chi connectivity index (χ0n) is 23.9. The van der Waals surface area contributed by atoms with Gasteiger partial charge in [0.2, 0.25) is 5.82 Å². The van der Waals surface area contributed by atoms with Gasteiger partial charge in [-0.05, 0) is 119 Å². The molecule has 4 unspecified atom stereocenters. The summed E-state index contributed by atoms with van der Waals surface area (Å²) in [6, 6.07) is 2.95. The number of carbonyl (C=O) groups is 1. The SMILES string of the molecule is C/C=C/CCc1ccc(OC(=O)C2CCC(C3CCC4CC(CCCCCC)CCC4C3)CC2)c(F)c1F. The summed E-state index contributed by atoms with van der Waals surface area (Å²) in [5.74, 6) is 1.53. The smallest absolute Gasteiger partial charge is 0.314 e. The van der Waals surface area contributed by atoms with Gasteiger partial charge < -0.3 is 4.74 Å². The predicted octanol–water partition coefficient (Wildman–Crippen LogP) is 9.99. The summed E-state index contributed by atoms with van der Waals surface area (Å²) < 4.78 is 34.4. The fourth-order valence-corrected chi connectivity index (χ4v) is 7.84. The number of ether oxygens (including phenoxy) is 1. The lowest BCUT2D eigenvalue weighted by Gasteiger charge is -2.45. The van der Waals surface area contributed by atoms with Crippen LogP contribution in [-0.2, 0) is 11.2 Å². The second kappa shape index (κ2) is 14.6. The highest BCUT2D eigenvalue weighted by Crippen LogP contribution is 2.49. The van der Waals surface area contributed by atoms with Gasteiger partial charge in [-0.1, -0.05) is 63.7 Å². The molecule has 4 rings (SSSR count). The summed E-state index contributed by atoms with van der Waals surface area (Å²) in [5, 5.41) is 0. The standard InChI is InChI=1S/C34H50F2O2/c1-3-5-7-9-10-24-12-13-30-23-29(19-18-28(30)22-24)25-14-16-27(17-15-25)34(37)38-31-21-20-26(11-8-6-4-2)32(35)33(31)36/h4,6,20-21,24-25,27-30H,3,5,7-19,22-23H2,1-2H3/b6-4+. The molecule has 38 heavy (non-hydrogen) atoms. The minimum Gasteiger partial charge on any atom is -0.423 e. The zero-order chi connectivity index (χ0) is 26.9. The van der Waals surface area contributed by atoms with Crippen LogP contribution in [0.25, 0.3) is 0 Å². The quantitative estimate of drug-likeness (QED) is 0.124. The number of hydrogen-bond acceptors (Lipinski definition) is 2. The Morgan fingerprint density at radius 2 is 1.55 bits per heavy atom. The Morgan fingerprint density at radius 3 is 2.29 bits per heavy atom. The van der Waals surface area contributed by atoms with Gasteiger partial charge in [-0.25, -0.2) is 4.39 Å². The van der Waals surface area contributed by atoms with Crippen molar-refractivity contribution >= 4 is 5.97 Å². The van der Waals surface area contributed by atoms with Crippen LogP contribution in [0.5, 0.6) is 5.75 Å². The van der Waals surface area contributed by atoms with Gasteiger partial charge in [0.25, 0.3) is 0 Å². The first-order valence-electron chi connectivity index (χ1n) is 15.8. The number of benzene rings is 1. The number of hydrogen-bond donors (Lipinski definition) is 0. The van der Waals surface area contributed by atoms with E-state index in [9.17, 15) is 13.6 Å². The summed E-state index contributed by atoms with van der Waals surface area (Å²) >= 11 is 0. The number of fused-ring (bicyclic) bond motifs is 1. The van der Waals surface area contributed by atoms with Gasteiger partial charge in [-0.15, -0.1) is 0 Å². The second-order valence-corrected chi connectivity index (χ2v) is 12.6. The van der Waals surface area contributed by atoms with Gasteiger partial charge in [0.1, 0.15) is 0 Å². The zero-order valence-corrected chi connectivity index (χ0v) is 23.9. The largest absolute Gasteiger partial charge is 0.423 e. The molecule has 0 bridgehead atoms. The number of carbonyl (C=O) groups excluding carboxylic acids is 1. The van der Waals surface area contributed by atoms with Gasteiger partial charge in [-0.2, -0.15) is 4.39 Å². The van der Waals surface area contributed by atoms with E-state index in [4.69, 9.17) is 4.74 Å². The van der Waals surface area contributed by atoms with Crippen molar-refractivity contribution in [1.82, 2.24) is 0 Å². The topological polar surface area (TPSA) is 26.3 Å². The number of esters is 1. The molecule has 0 aromatic heterocycles. The molecule has 1 aromatic carbocycles. The second-order valence-electron chi connectivity index (χ2n) is 12.6. The Bertz CT molecular complexity index is 917. The summed E-state index contributed by atoms with van der Waals surface area (Å²) in [5.41, 5.74) is 0.316. The molecule has 0 radical (unpaired) electrons. The molecule has 3 fully saturated rings. The number of unbranched alkanes of at least 4 members (excludes halogenated alkanes) is 3. The molecule has 2 nitrogen and oxygen atoms in total. The third kappa shape index (κ3) is 7.69. The van der Waals surface area contributed by atoms with Crippen LogP contribution in [0.4, 0.5) is 8.78 Å². The monoisotopic (exact) mass is 528 g/mol. The van der Waals surface area contributed by atoms with Gasteiger partial charge >= 0.3 is 5.97 Å². The fraction of sp³-hybridized carbons (Fsp3) is 0.735. The normalized spacial score (nSPS) is 29.8. The molecule has 0 aliphatic heterocycles. The molecule has 3 saturated carbocycles. The Balaban J connectivity index is 1.20. The van der Waals surface area contributed by atoms with Crippen LogP contribution in [-0.4, -0.2) is 5.97 Å². The van der Waals surface area contributed by atoms with Crippen LogP contribution in [0, 0.1) is 47.1 Å². The van der Waals surface area contributed by atoms with E-state index in [2.05, 4.69) is 6.92 Å². The predicted molar refractivity (Wildman–Crippen MR) is 151 cm³/mol. The van der Waals surface area contributed by atoms with Gasteiger partial charge in [-0.3, -0.25) is 4.79 Å². The highest BCUT2D eigenvalue weighted by Gasteiger charge is 2.39. The molecule has 0 N–H and O–H groups in total. The maximum absolute atomic E-state index is 14.6. The number of halogens is 2. The van der Waals surface area contributed by atoms with E-state index in [0.717, 1.165) is 49.4 Å². The molecule has 3 aliphatic carbocycles. The molecule has 4 heteroatoms. The summed E-state index contributed by atoms with van der Waals surface area (Å²) in [6.45, 7) is 4.19. The lowest BCUT2D eigenvalue weighted by atomic mass is 9.60. The van der Waals surface area contributed by atoms with E-state index in [1.165, 1.54) is 82.8 Å². The number of rotatable bonds is 11.